The van der Waals surface area contributed by atoms with Crippen LogP contribution in [0.5, 0.6) is 0 Å². The minimum absolute atomic E-state index is 0.189. The van der Waals surface area contributed by atoms with Crippen LogP contribution in [-0.2, 0) is 0 Å². The number of pyridine rings is 1. The van der Waals surface area contributed by atoms with Gasteiger partial charge in [0.05, 0.1) is 6.61 Å². The third-order valence-electron chi connectivity index (χ3n) is 1.64. The molecule has 5 heteroatoms. The fraction of sp³-hybridized carbons (Fsp3) is 0.375. The summed E-state index contributed by atoms with van der Waals surface area (Å²) >= 11 is 0. The van der Waals surface area contributed by atoms with Gasteiger partial charge in [-0.3, -0.25) is 0 Å². The number of hydrogen-bond acceptors (Lipinski definition) is 4. The molecule has 3 N–H and O–H groups in total. The Hall–Kier alpha value is -1.04. The van der Waals surface area contributed by atoms with Crippen molar-refractivity contribution in [2.24, 2.45) is 0 Å². The molecule has 0 amide bonds. The van der Waals surface area contributed by atoms with Gasteiger partial charge in [-0.2, -0.15) is 4.39 Å². The number of aromatic nitrogens is 1. The lowest BCUT2D eigenvalue weighted by Crippen LogP contribution is -2.22. The van der Waals surface area contributed by atoms with Crippen molar-refractivity contribution in [1.82, 2.24) is 4.98 Å². The average molecular weight is 187 g/mol. The Morgan fingerprint density at radius 3 is 2.69 bits per heavy atom. The maximum atomic E-state index is 12.5. The van der Waals surface area contributed by atoms with Crippen molar-refractivity contribution in [2.75, 3.05) is 6.61 Å². The molecule has 0 radical (unpaired) electrons. The van der Waals surface area contributed by atoms with Crippen LogP contribution in [0.1, 0.15) is 11.7 Å². The molecular weight excluding hydrogens is 177 g/mol. The predicted molar refractivity (Wildman–Crippen MR) is 42.2 cm³/mol. The number of rotatable bonds is 3. The van der Waals surface area contributed by atoms with E-state index in [1.165, 1.54) is 12.3 Å². The maximum Gasteiger partial charge on any atom is 0.213 e. The summed E-state index contributed by atoms with van der Waals surface area (Å²) in [6.45, 7) is -0.578. The van der Waals surface area contributed by atoms with Crippen LogP contribution in [0.2, 0.25) is 0 Å². The Kier molecular flexibility index (Phi) is 3.30. The summed E-state index contributed by atoms with van der Waals surface area (Å²) in [6, 6.07) is 2.37. The second-order valence-corrected chi connectivity index (χ2v) is 2.61. The summed E-state index contributed by atoms with van der Waals surface area (Å²) in [4.78, 5) is 3.29. The zero-order valence-corrected chi connectivity index (χ0v) is 6.76. The van der Waals surface area contributed by atoms with Gasteiger partial charge >= 0.3 is 0 Å². The molecule has 1 rings (SSSR count). The van der Waals surface area contributed by atoms with E-state index in [0.29, 0.717) is 0 Å². The highest BCUT2D eigenvalue weighted by atomic mass is 19.1. The molecule has 1 heterocycles. The quantitative estimate of drug-likeness (QED) is 0.563. The maximum absolute atomic E-state index is 12.5. The molecule has 1 aromatic rings. The third kappa shape index (κ3) is 2.45. The first-order chi connectivity index (χ1) is 6.15. The largest absolute Gasteiger partial charge is 0.394 e. The lowest BCUT2D eigenvalue weighted by Gasteiger charge is -2.15. The van der Waals surface area contributed by atoms with Crippen molar-refractivity contribution in [3.63, 3.8) is 0 Å². The van der Waals surface area contributed by atoms with Gasteiger partial charge in [0.1, 0.15) is 12.2 Å². The summed E-state index contributed by atoms with van der Waals surface area (Å²) < 4.78 is 12.5. The fourth-order valence-corrected chi connectivity index (χ4v) is 0.923. The Balaban J connectivity index is 2.82. The zero-order chi connectivity index (χ0) is 9.84. The molecule has 4 nitrogen and oxygen atoms in total. The molecule has 0 saturated carbocycles. The second-order valence-electron chi connectivity index (χ2n) is 2.61. The summed E-state index contributed by atoms with van der Waals surface area (Å²) in [6.07, 6.45) is -1.41. The van der Waals surface area contributed by atoms with Crippen LogP contribution in [-0.4, -0.2) is 33.0 Å². The van der Waals surface area contributed by atoms with Crippen molar-refractivity contribution < 1.29 is 19.7 Å². The molecule has 0 fully saturated rings. The first kappa shape index (κ1) is 10.0. The molecule has 0 aliphatic carbocycles. The van der Waals surface area contributed by atoms with Gasteiger partial charge in [0.25, 0.3) is 0 Å². The Bertz CT molecular complexity index is 282. The van der Waals surface area contributed by atoms with E-state index in [9.17, 15) is 9.50 Å². The van der Waals surface area contributed by atoms with Crippen molar-refractivity contribution >= 4 is 0 Å². The van der Waals surface area contributed by atoms with Gasteiger partial charge in [0.15, 0.2) is 0 Å². The smallest absolute Gasteiger partial charge is 0.213 e. The number of hydrogen-bond donors (Lipinski definition) is 3. The summed E-state index contributed by atoms with van der Waals surface area (Å²) in [5.41, 5.74) is 0.189. The van der Waals surface area contributed by atoms with Crippen molar-refractivity contribution in [3.8, 4) is 0 Å². The van der Waals surface area contributed by atoms with Gasteiger partial charge in [-0.05, 0) is 17.7 Å². The van der Waals surface area contributed by atoms with Crippen LogP contribution in [0.15, 0.2) is 18.3 Å². The normalized spacial score (nSPS) is 15.4. The zero-order valence-electron chi connectivity index (χ0n) is 6.76. The van der Waals surface area contributed by atoms with E-state index in [1.807, 2.05) is 0 Å². The van der Waals surface area contributed by atoms with Gasteiger partial charge in [0, 0.05) is 6.20 Å². The predicted octanol–water partition coefficient (Wildman–Crippen LogP) is -0.393. The Morgan fingerprint density at radius 2 is 2.15 bits per heavy atom. The van der Waals surface area contributed by atoms with Gasteiger partial charge in [0.2, 0.25) is 5.95 Å². The summed E-state index contributed by atoms with van der Waals surface area (Å²) in [5.74, 6) is -0.735. The molecule has 0 aromatic carbocycles. The standard InChI is InChI=1S/C8H10FNO3/c9-7-3-5(1-2-10-7)8(13)6(12)4-11/h1-3,6,8,11-13H,4H2. The number of halogens is 1. The number of aliphatic hydroxyl groups is 3. The van der Waals surface area contributed by atoms with Crippen molar-refractivity contribution in [1.29, 1.82) is 0 Å². The first-order valence-corrected chi connectivity index (χ1v) is 3.73. The van der Waals surface area contributed by atoms with Crippen LogP contribution >= 0.6 is 0 Å². The highest BCUT2D eigenvalue weighted by molar-refractivity contribution is 5.15. The van der Waals surface area contributed by atoms with Gasteiger partial charge < -0.3 is 15.3 Å². The Labute approximate surface area is 74.3 Å². The molecule has 1 aromatic heterocycles. The highest BCUT2D eigenvalue weighted by Gasteiger charge is 2.17. The van der Waals surface area contributed by atoms with Crippen LogP contribution < -0.4 is 0 Å². The topological polar surface area (TPSA) is 73.6 Å². The fourth-order valence-electron chi connectivity index (χ4n) is 0.923. The molecule has 0 bridgehead atoms. The minimum Gasteiger partial charge on any atom is -0.394 e. The molecule has 2 unspecified atom stereocenters. The minimum atomic E-state index is -1.30. The van der Waals surface area contributed by atoms with Crippen molar-refractivity contribution in [2.45, 2.75) is 12.2 Å². The van der Waals surface area contributed by atoms with Gasteiger partial charge in [-0.15, -0.1) is 0 Å². The third-order valence-corrected chi connectivity index (χ3v) is 1.64. The van der Waals surface area contributed by atoms with E-state index < -0.39 is 24.8 Å². The molecule has 13 heavy (non-hydrogen) atoms. The van der Waals surface area contributed by atoms with E-state index in [2.05, 4.69) is 4.98 Å². The molecule has 2 atom stereocenters. The van der Waals surface area contributed by atoms with E-state index in [1.54, 1.807) is 0 Å². The van der Waals surface area contributed by atoms with Gasteiger partial charge in [-0.1, -0.05) is 0 Å². The Morgan fingerprint density at radius 1 is 1.46 bits per heavy atom. The molecule has 0 spiro atoms. The van der Waals surface area contributed by atoms with Crippen LogP contribution in [0.3, 0.4) is 0 Å². The monoisotopic (exact) mass is 187 g/mol. The number of aliphatic hydroxyl groups excluding tert-OH is 3. The van der Waals surface area contributed by atoms with Crippen molar-refractivity contribution in [3.05, 3.63) is 29.8 Å². The van der Waals surface area contributed by atoms with Crippen LogP contribution in [0.25, 0.3) is 0 Å². The van der Waals surface area contributed by atoms with Gasteiger partial charge in [-0.25, -0.2) is 4.98 Å². The molecule has 0 aliphatic rings. The highest BCUT2D eigenvalue weighted by Crippen LogP contribution is 2.16. The number of nitrogens with zero attached hydrogens (tertiary/aromatic N) is 1. The summed E-state index contributed by atoms with van der Waals surface area (Å²) in [7, 11) is 0. The summed E-state index contributed by atoms with van der Waals surface area (Å²) in [5, 5.41) is 26.9. The molecule has 72 valence electrons. The lowest BCUT2D eigenvalue weighted by atomic mass is 10.1. The average Bonchev–Trinajstić information content (AvgIpc) is 2.15. The van der Waals surface area contributed by atoms with E-state index >= 15 is 0 Å². The molecule has 0 aliphatic heterocycles. The van der Waals surface area contributed by atoms with Crippen LogP contribution in [0.4, 0.5) is 4.39 Å². The SMILES string of the molecule is OCC(O)C(O)c1ccnc(F)c1. The van der Waals surface area contributed by atoms with E-state index in [-0.39, 0.29) is 5.56 Å². The molecular formula is C8H10FNO3. The molecule has 0 saturated heterocycles. The van der Waals surface area contributed by atoms with Crippen LogP contribution in [0, 0.1) is 5.95 Å². The second kappa shape index (κ2) is 4.27. The lowest BCUT2D eigenvalue weighted by molar-refractivity contribution is -0.0154. The first-order valence-electron chi connectivity index (χ1n) is 3.73. The van der Waals surface area contributed by atoms with E-state index in [4.69, 9.17) is 10.2 Å². The van der Waals surface area contributed by atoms with E-state index in [0.717, 1.165) is 6.07 Å².